The summed E-state index contributed by atoms with van der Waals surface area (Å²) in [5.41, 5.74) is 7.38. The summed E-state index contributed by atoms with van der Waals surface area (Å²) in [4.78, 5) is 18.2. The molecule has 1 aromatic carbocycles. The third kappa shape index (κ3) is 4.73. The molecule has 0 aliphatic carbocycles. The summed E-state index contributed by atoms with van der Waals surface area (Å²) in [7, 11) is 0. The van der Waals surface area contributed by atoms with Crippen LogP contribution in [0.25, 0.3) is 16.9 Å². The Balaban J connectivity index is 1.66. The molecule has 0 unspecified atom stereocenters. The summed E-state index contributed by atoms with van der Waals surface area (Å²) in [6.07, 6.45) is 4.16. The number of amides is 1. The van der Waals surface area contributed by atoms with E-state index in [9.17, 15) is 4.79 Å². The monoisotopic (exact) mass is 432 g/mol. The second-order valence-corrected chi connectivity index (χ2v) is 10.9. The maximum atomic E-state index is 13.2. The van der Waals surface area contributed by atoms with Crippen LogP contribution in [0, 0.1) is 20.8 Å². The average Bonchev–Trinajstić information content (AvgIpc) is 2.98. The lowest BCUT2D eigenvalue weighted by molar-refractivity contribution is -0.121. The number of hydrogen-bond acceptors (Lipinski definition) is 3. The third-order valence-corrected chi connectivity index (χ3v) is 6.54. The molecular weight excluding hydrogens is 396 g/mol. The number of benzene rings is 1. The molecule has 2 aromatic heterocycles. The van der Waals surface area contributed by atoms with Crippen LogP contribution in [0.3, 0.4) is 0 Å². The summed E-state index contributed by atoms with van der Waals surface area (Å²) < 4.78 is 2.06. The maximum absolute atomic E-state index is 13.2. The van der Waals surface area contributed by atoms with Gasteiger partial charge in [-0.2, -0.15) is 0 Å². The van der Waals surface area contributed by atoms with Crippen LogP contribution in [0.1, 0.15) is 62.9 Å². The van der Waals surface area contributed by atoms with E-state index < -0.39 is 0 Å². The van der Waals surface area contributed by atoms with Crippen molar-refractivity contribution >= 4 is 11.6 Å². The van der Waals surface area contributed by atoms with Crippen LogP contribution in [0.15, 0.2) is 36.5 Å². The molecule has 1 saturated heterocycles. The number of imidazole rings is 1. The Bertz CT molecular complexity index is 1160. The Labute approximate surface area is 191 Å². The number of nitrogens with one attached hydrogen (secondary N) is 2. The van der Waals surface area contributed by atoms with Crippen LogP contribution >= 0.6 is 0 Å². The molecule has 1 aliphatic rings. The maximum Gasteiger partial charge on any atom is 0.226 e. The fraction of sp³-hybridized carbons (Fsp3) is 0.481. The van der Waals surface area contributed by atoms with Crippen molar-refractivity contribution in [2.24, 2.45) is 0 Å². The zero-order valence-electron chi connectivity index (χ0n) is 20.5. The predicted octanol–water partition coefficient (Wildman–Crippen LogP) is 4.89. The van der Waals surface area contributed by atoms with E-state index >= 15 is 0 Å². The zero-order chi connectivity index (χ0) is 23.3. The Hall–Kier alpha value is -2.66. The molecule has 5 heteroatoms. The minimum absolute atomic E-state index is 0.00881. The van der Waals surface area contributed by atoms with Crippen LogP contribution in [-0.4, -0.2) is 32.4 Å². The minimum atomic E-state index is -0.00881. The van der Waals surface area contributed by atoms with Crippen LogP contribution < -0.4 is 10.6 Å². The smallest absolute Gasteiger partial charge is 0.226 e. The predicted molar refractivity (Wildman–Crippen MR) is 131 cm³/mol. The van der Waals surface area contributed by atoms with Gasteiger partial charge in [-0.05, 0) is 96.2 Å². The highest BCUT2D eigenvalue weighted by Gasteiger charge is 2.38. The number of nitrogens with zero attached hydrogens (tertiary/aromatic N) is 2. The van der Waals surface area contributed by atoms with Gasteiger partial charge in [-0.1, -0.05) is 12.1 Å². The number of hydrogen-bond donors (Lipinski definition) is 2. The van der Waals surface area contributed by atoms with E-state index in [2.05, 4.69) is 93.8 Å². The fourth-order valence-corrected chi connectivity index (χ4v) is 5.34. The first-order valence-corrected chi connectivity index (χ1v) is 11.6. The summed E-state index contributed by atoms with van der Waals surface area (Å²) in [6.45, 7) is 15.1. The first-order chi connectivity index (χ1) is 14.9. The van der Waals surface area contributed by atoms with E-state index in [1.807, 2.05) is 6.20 Å². The van der Waals surface area contributed by atoms with Crippen molar-refractivity contribution in [2.45, 2.75) is 84.8 Å². The molecule has 3 aromatic rings. The van der Waals surface area contributed by atoms with Gasteiger partial charge in [0.05, 0.1) is 17.8 Å². The minimum Gasteiger partial charge on any atom is -0.353 e. The lowest BCUT2D eigenvalue weighted by atomic mass is 9.79. The standard InChI is InChI=1S/C27H36N4O/c1-17-10-11-31-22(14-24(32)28-21-15-26(4,5)30-27(6,7)16-21)25(29-23(31)12-17)20-9-8-18(2)19(3)13-20/h8-13,21,30H,14-16H2,1-7H3,(H,28,32). The molecule has 0 spiro atoms. The van der Waals surface area contributed by atoms with Gasteiger partial charge in [0, 0.05) is 28.9 Å². The topological polar surface area (TPSA) is 58.4 Å². The Morgan fingerprint density at radius 3 is 2.41 bits per heavy atom. The molecule has 1 aliphatic heterocycles. The van der Waals surface area contributed by atoms with E-state index in [4.69, 9.17) is 4.98 Å². The molecule has 4 rings (SSSR count). The van der Waals surface area contributed by atoms with Crippen LogP contribution in [0.5, 0.6) is 0 Å². The second-order valence-electron chi connectivity index (χ2n) is 10.9. The number of aryl methyl sites for hydroxylation is 3. The highest BCUT2D eigenvalue weighted by molar-refractivity contribution is 5.82. The zero-order valence-corrected chi connectivity index (χ0v) is 20.5. The molecule has 0 radical (unpaired) electrons. The fourth-order valence-electron chi connectivity index (χ4n) is 5.34. The van der Waals surface area contributed by atoms with Crippen molar-refractivity contribution in [2.75, 3.05) is 0 Å². The highest BCUT2D eigenvalue weighted by atomic mass is 16.1. The van der Waals surface area contributed by atoms with Gasteiger partial charge in [0.25, 0.3) is 0 Å². The van der Waals surface area contributed by atoms with Crippen LogP contribution in [0.4, 0.5) is 0 Å². The van der Waals surface area contributed by atoms with Crippen molar-refractivity contribution in [1.29, 1.82) is 0 Å². The van der Waals surface area contributed by atoms with Crippen molar-refractivity contribution in [3.05, 3.63) is 58.9 Å². The Kier molecular flexibility index (Phi) is 5.66. The number of piperidine rings is 1. The molecule has 5 nitrogen and oxygen atoms in total. The molecule has 0 atom stereocenters. The number of rotatable bonds is 4. The second kappa shape index (κ2) is 8.04. The molecule has 0 bridgehead atoms. The van der Waals surface area contributed by atoms with Gasteiger partial charge < -0.3 is 15.0 Å². The van der Waals surface area contributed by atoms with E-state index in [1.54, 1.807) is 0 Å². The molecule has 170 valence electrons. The summed E-state index contributed by atoms with van der Waals surface area (Å²) in [5, 5.41) is 7.01. The summed E-state index contributed by atoms with van der Waals surface area (Å²) in [5.74, 6) is 0.0518. The first-order valence-electron chi connectivity index (χ1n) is 11.6. The lowest BCUT2D eigenvalue weighted by Crippen LogP contribution is -2.62. The molecule has 32 heavy (non-hydrogen) atoms. The van der Waals surface area contributed by atoms with Gasteiger partial charge in [0.15, 0.2) is 0 Å². The van der Waals surface area contributed by atoms with Gasteiger partial charge in [0.1, 0.15) is 5.65 Å². The molecule has 0 saturated carbocycles. The quantitative estimate of drug-likeness (QED) is 0.617. The van der Waals surface area contributed by atoms with Crippen molar-refractivity contribution in [1.82, 2.24) is 20.0 Å². The number of carbonyl (C=O) groups is 1. The molecule has 1 amide bonds. The lowest BCUT2D eigenvalue weighted by Gasteiger charge is -2.46. The van der Waals surface area contributed by atoms with Crippen LogP contribution in [0.2, 0.25) is 0 Å². The van der Waals surface area contributed by atoms with Gasteiger partial charge in [-0.15, -0.1) is 0 Å². The largest absolute Gasteiger partial charge is 0.353 e. The SMILES string of the molecule is Cc1ccn2c(CC(=O)NC3CC(C)(C)NC(C)(C)C3)c(-c3ccc(C)c(C)c3)nc2c1. The van der Waals surface area contributed by atoms with Gasteiger partial charge in [-0.25, -0.2) is 4.98 Å². The average molecular weight is 433 g/mol. The summed E-state index contributed by atoms with van der Waals surface area (Å²) >= 11 is 0. The van der Waals surface area contributed by atoms with E-state index in [0.717, 1.165) is 41.0 Å². The number of carbonyl (C=O) groups excluding carboxylic acids is 1. The van der Waals surface area contributed by atoms with Gasteiger partial charge in [-0.3, -0.25) is 4.79 Å². The highest BCUT2D eigenvalue weighted by Crippen LogP contribution is 2.30. The first kappa shape index (κ1) is 22.5. The molecule has 2 N–H and O–H groups in total. The van der Waals surface area contributed by atoms with E-state index in [-0.39, 0.29) is 23.0 Å². The van der Waals surface area contributed by atoms with Crippen molar-refractivity contribution in [3.63, 3.8) is 0 Å². The normalized spacial score (nSPS) is 18.1. The number of pyridine rings is 1. The van der Waals surface area contributed by atoms with E-state index in [1.165, 1.54) is 11.1 Å². The molecular formula is C27H36N4O. The van der Waals surface area contributed by atoms with Gasteiger partial charge in [0.2, 0.25) is 5.91 Å². The third-order valence-electron chi connectivity index (χ3n) is 6.54. The Morgan fingerprint density at radius 1 is 1.06 bits per heavy atom. The van der Waals surface area contributed by atoms with Crippen molar-refractivity contribution in [3.8, 4) is 11.3 Å². The van der Waals surface area contributed by atoms with Crippen molar-refractivity contribution < 1.29 is 4.79 Å². The Morgan fingerprint density at radius 2 is 1.75 bits per heavy atom. The summed E-state index contributed by atoms with van der Waals surface area (Å²) in [6, 6.07) is 10.7. The van der Waals surface area contributed by atoms with Crippen LogP contribution in [-0.2, 0) is 11.2 Å². The van der Waals surface area contributed by atoms with E-state index in [0.29, 0.717) is 6.42 Å². The number of aromatic nitrogens is 2. The molecule has 1 fully saturated rings. The number of fused-ring (bicyclic) bond motifs is 1. The molecule has 3 heterocycles. The van der Waals surface area contributed by atoms with Gasteiger partial charge >= 0.3 is 0 Å².